The summed E-state index contributed by atoms with van der Waals surface area (Å²) in [6, 6.07) is 5.40. The van der Waals surface area contributed by atoms with Gasteiger partial charge < -0.3 is 24.8 Å². The Balaban J connectivity index is 1.27. The van der Waals surface area contributed by atoms with Gasteiger partial charge in [0.1, 0.15) is 23.7 Å². The van der Waals surface area contributed by atoms with E-state index in [0.29, 0.717) is 44.1 Å². The van der Waals surface area contributed by atoms with Gasteiger partial charge in [-0.3, -0.25) is 24.0 Å². The largest absolute Gasteiger partial charge is 0.477 e. The zero-order valence-corrected chi connectivity index (χ0v) is 34.0. The second-order valence-electron chi connectivity index (χ2n) is 17.9. The first-order valence-corrected chi connectivity index (χ1v) is 21.4. The first-order valence-electron chi connectivity index (χ1n) is 19.9. The Labute approximate surface area is 328 Å². The quantitative estimate of drug-likeness (QED) is 0.339. The van der Waals surface area contributed by atoms with Crippen LogP contribution in [0.4, 0.5) is 4.79 Å². The number of benzene rings is 1. The van der Waals surface area contributed by atoms with Crippen LogP contribution in [0.2, 0.25) is 0 Å². The number of carbonyl (C=O) groups excluding carboxylic acids is 3. The summed E-state index contributed by atoms with van der Waals surface area (Å²) in [5.74, 6) is -2.00. The number of rotatable bonds is 6. The lowest BCUT2D eigenvalue weighted by Crippen LogP contribution is -2.62. The summed E-state index contributed by atoms with van der Waals surface area (Å²) < 4.78 is 40.2. The Morgan fingerprint density at radius 3 is 2.52 bits per heavy atom. The van der Waals surface area contributed by atoms with Crippen LogP contribution in [0.5, 0.6) is 11.8 Å². The zero-order chi connectivity index (χ0) is 40.4. The average molecular weight is 794 g/mol. The summed E-state index contributed by atoms with van der Waals surface area (Å²) in [6.07, 6.45) is 6.48. The van der Waals surface area contributed by atoms with Gasteiger partial charge >= 0.3 is 6.09 Å². The van der Waals surface area contributed by atoms with E-state index in [0.717, 1.165) is 35.6 Å². The summed E-state index contributed by atoms with van der Waals surface area (Å²) in [5.41, 5.74) is -1.53. The summed E-state index contributed by atoms with van der Waals surface area (Å²) in [7, 11) is -4.01. The van der Waals surface area contributed by atoms with Crippen LogP contribution in [0.25, 0.3) is 10.8 Å². The van der Waals surface area contributed by atoms with Crippen LogP contribution >= 0.6 is 0 Å². The Morgan fingerprint density at radius 1 is 1.12 bits per heavy atom. The number of amides is 4. The molecule has 0 radical (unpaired) electrons. The van der Waals surface area contributed by atoms with Gasteiger partial charge in [-0.1, -0.05) is 44.2 Å². The third kappa shape index (κ3) is 7.43. The molecule has 14 nitrogen and oxygen atoms in total. The Morgan fingerprint density at radius 2 is 1.84 bits per heavy atom. The topological polar surface area (TPSA) is 185 Å². The lowest BCUT2D eigenvalue weighted by atomic mass is 9.85. The fourth-order valence-corrected chi connectivity index (χ4v) is 10.2. The lowest BCUT2D eigenvalue weighted by molar-refractivity contribution is -0.146. The van der Waals surface area contributed by atoms with Gasteiger partial charge in [0.2, 0.25) is 33.6 Å². The number of fused-ring (bicyclic) bond motifs is 5. The molecule has 5 aliphatic rings. The second-order valence-corrected chi connectivity index (χ2v) is 20.1. The highest BCUT2D eigenvalue weighted by Crippen LogP contribution is 2.48. The van der Waals surface area contributed by atoms with Gasteiger partial charge in [0.15, 0.2) is 0 Å². The van der Waals surface area contributed by atoms with Crippen molar-refractivity contribution in [1.82, 2.24) is 24.8 Å². The highest BCUT2D eigenvalue weighted by Gasteiger charge is 2.63. The van der Waals surface area contributed by atoms with Crippen molar-refractivity contribution >= 4 is 44.6 Å². The van der Waals surface area contributed by atoms with Gasteiger partial charge in [-0.25, -0.2) is 13.2 Å². The fourth-order valence-electron chi connectivity index (χ4n) is 8.86. The number of ether oxygens (including phenoxy) is 2. The third-order valence-electron chi connectivity index (χ3n) is 12.4. The molecule has 4 amide bonds. The van der Waals surface area contributed by atoms with E-state index in [4.69, 9.17) is 14.5 Å². The molecule has 3 N–H and O–H groups in total. The van der Waals surface area contributed by atoms with Crippen LogP contribution in [-0.4, -0.2) is 99.3 Å². The number of allylic oxidation sites excluding steroid dienone is 1. The minimum absolute atomic E-state index is 0.0141. The molecule has 15 heteroatoms. The molecule has 2 saturated carbocycles. The molecule has 3 aliphatic heterocycles. The van der Waals surface area contributed by atoms with Crippen molar-refractivity contribution in [2.75, 3.05) is 13.2 Å². The maximum atomic E-state index is 15.1. The predicted molar refractivity (Wildman–Crippen MR) is 208 cm³/mol. The molecule has 56 heavy (non-hydrogen) atoms. The summed E-state index contributed by atoms with van der Waals surface area (Å²) in [4.78, 5) is 64.1. The standard InChI is InChI=1S/C41H55N5O9S/c1-24-12-7-8-13-26-22-41(26,37(49)44-56(52,53)40(6)17-18-40)43-33(47)31-21-27(23-45(31)36(48)32(25(2)20-24)46(38(50)51)39(3,4)5)55-35-30-15-10-9-14-28(30)29-16-11-19-54-34(29)42-35/h8-10,13-15,24-27,31-32H,7,11-12,16-23H2,1-6H3,(H,43,47)(H,44,49)(H,50,51)/b13-8-/t24-,25+,26+,27+,31-,32-,41+/m0/s1. The smallest absolute Gasteiger partial charge is 0.408 e. The van der Waals surface area contributed by atoms with Crippen molar-refractivity contribution in [1.29, 1.82) is 0 Å². The monoisotopic (exact) mass is 793 g/mol. The van der Waals surface area contributed by atoms with Gasteiger partial charge in [0.05, 0.1) is 17.9 Å². The van der Waals surface area contributed by atoms with Crippen molar-refractivity contribution in [2.45, 2.75) is 133 Å². The first-order chi connectivity index (χ1) is 26.3. The minimum Gasteiger partial charge on any atom is -0.477 e. The van der Waals surface area contributed by atoms with Crippen molar-refractivity contribution in [3.63, 3.8) is 0 Å². The van der Waals surface area contributed by atoms with Crippen molar-refractivity contribution < 1.29 is 42.2 Å². The van der Waals surface area contributed by atoms with Gasteiger partial charge in [0.25, 0.3) is 5.91 Å². The maximum Gasteiger partial charge on any atom is 0.408 e. The minimum atomic E-state index is -4.01. The van der Waals surface area contributed by atoms with Crippen LogP contribution in [0, 0.1) is 17.8 Å². The molecule has 7 atom stereocenters. The molecule has 0 bridgehead atoms. The normalized spacial score (nSPS) is 30.9. The highest BCUT2D eigenvalue weighted by atomic mass is 32.2. The van der Waals surface area contributed by atoms with E-state index in [-0.39, 0.29) is 25.3 Å². The summed E-state index contributed by atoms with van der Waals surface area (Å²) in [5, 5.41) is 15.2. The number of aryl methyl sites for hydroxylation is 1. The average Bonchev–Trinajstić information content (AvgIpc) is 4.01. The van der Waals surface area contributed by atoms with Crippen LogP contribution in [0.1, 0.15) is 98.5 Å². The molecule has 2 aromatic rings. The molecule has 7 rings (SSSR count). The van der Waals surface area contributed by atoms with E-state index in [1.165, 1.54) is 9.80 Å². The SMILES string of the molecule is C[C@H]1CC/C=C\[C@@H]2C[C@@]2(C(=O)NS(=O)(=O)C2(C)CC2)NC(=O)[C@@H]2C[C@@H](Oc3nc4c(c5ccccc35)CCCO4)CN2C(=O)[C@@H](N(C(=O)O)C(C)(C)C)[C@H](C)C1. The number of aromatic nitrogens is 1. The lowest BCUT2D eigenvalue weighted by Gasteiger charge is -2.43. The Hall–Kier alpha value is -4.40. The number of carbonyl (C=O) groups is 4. The predicted octanol–water partition coefficient (Wildman–Crippen LogP) is 4.94. The van der Waals surface area contributed by atoms with Gasteiger partial charge in [-0.15, -0.1) is 0 Å². The van der Waals surface area contributed by atoms with E-state index in [2.05, 4.69) is 17.0 Å². The zero-order valence-electron chi connectivity index (χ0n) is 33.2. The third-order valence-corrected chi connectivity index (χ3v) is 14.6. The van der Waals surface area contributed by atoms with Crippen LogP contribution in [0.15, 0.2) is 36.4 Å². The van der Waals surface area contributed by atoms with Gasteiger partial charge in [-0.2, -0.15) is 4.98 Å². The molecule has 2 aliphatic carbocycles. The van der Waals surface area contributed by atoms with E-state index in [1.807, 2.05) is 43.3 Å². The molecule has 0 spiro atoms. The highest BCUT2D eigenvalue weighted by molar-refractivity contribution is 7.91. The number of carboxylic acid groups (broad SMARTS) is 1. The number of nitrogens with zero attached hydrogens (tertiary/aromatic N) is 3. The van der Waals surface area contributed by atoms with Crippen molar-refractivity contribution in [3.05, 3.63) is 42.0 Å². The Kier molecular flexibility index (Phi) is 10.3. The van der Waals surface area contributed by atoms with E-state index >= 15 is 4.79 Å². The molecular weight excluding hydrogens is 739 g/mol. The molecular formula is C41H55N5O9S. The molecule has 0 unspecified atom stereocenters. The maximum absolute atomic E-state index is 15.1. The number of hydrogen-bond donors (Lipinski definition) is 3. The number of nitrogens with one attached hydrogen (secondary N) is 2. The van der Waals surface area contributed by atoms with Crippen molar-refractivity contribution in [3.8, 4) is 11.8 Å². The fraction of sp³-hybridized carbons (Fsp3) is 0.634. The Bertz CT molecular complexity index is 2060. The van der Waals surface area contributed by atoms with Gasteiger partial charge in [-0.05, 0) is 102 Å². The number of pyridine rings is 1. The molecule has 1 aromatic carbocycles. The van der Waals surface area contributed by atoms with Crippen molar-refractivity contribution in [2.24, 2.45) is 17.8 Å². The number of sulfonamides is 1. The molecule has 1 saturated heterocycles. The second kappa shape index (κ2) is 14.5. The van der Waals surface area contributed by atoms with E-state index in [1.54, 1.807) is 27.7 Å². The summed E-state index contributed by atoms with van der Waals surface area (Å²) >= 11 is 0. The van der Waals surface area contributed by atoms with E-state index in [9.17, 15) is 27.9 Å². The molecule has 304 valence electrons. The number of hydrogen-bond acceptors (Lipinski definition) is 9. The summed E-state index contributed by atoms with van der Waals surface area (Å²) in [6.45, 7) is 11.2. The first kappa shape index (κ1) is 39.8. The van der Waals surface area contributed by atoms with Crippen LogP contribution in [0.3, 0.4) is 0 Å². The van der Waals surface area contributed by atoms with E-state index < -0.39 is 79.7 Å². The van der Waals surface area contributed by atoms with Crippen LogP contribution in [-0.2, 0) is 30.8 Å². The molecule has 3 fully saturated rings. The molecule has 4 heterocycles. The van der Waals surface area contributed by atoms with Gasteiger partial charge in [0, 0.05) is 28.8 Å². The molecule has 1 aromatic heterocycles. The van der Waals surface area contributed by atoms with Crippen LogP contribution < -0.4 is 19.5 Å².